The molecule has 2 aromatic heterocycles. The zero-order valence-electron chi connectivity index (χ0n) is 6.98. The van der Waals surface area contributed by atoms with E-state index < -0.39 is 0 Å². The van der Waals surface area contributed by atoms with Crippen LogP contribution in [0, 0.1) is 0 Å². The first-order chi connectivity index (χ1) is 6.81. The van der Waals surface area contributed by atoms with Crippen LogP contribution in [0.1, 0.15) is 10.7 Å². The van der Waals surface area contributed by atoms with Crippen LogP contribution in [0.4, 0.5) is 0 Å². The van der Waals surface area contributed by atoms with Crippen LogP contribution in [0.15, 0.2) is 28.9 Å². The second kappa shape index (κ2) is 3.59. The summed E-state index contributed by atoms with van der Waals surface area (Å²) in [7, 11) is 0. The maximum Gasteiger partial charge on any atom is 0.260 e. The van der Waals surface area contributed by atoms with Crippen molar-refractivity contribution in [2.24, 2.45) is 0 Å². The molecule has 0 aliphatic carbocycles. The molecule has 0 atom stereocenters. The largest absolute Gasteiger partial charge is 0.434 e. The molecule has 0 aliphatic heterocycles. The number of carbonyl (C=O) groups is 1. The summed E-state index contributed by atoms with van der Waals surface area (Å²) in [6, 6.07) is 3.47. The molecule has 0 saturated carbocycles. The summed E-state index contributed by atoms with van der Waals surface area (Å²) in [4.78, 5) is 17.9. The van der Waals surface area contributed by atoms with Crippen LogP contribution in [-0.4, -0.2) is 16.3 Å². The zero-order valence-corrected chi connectivity index (χ0v) is 7.73. The van der Waals surface area contributed by atoms with Gasteiger partial charge in [0.25, 0.3) is 5.89 Å². The Morgan fingerprint density at radius 2 is 2.29 bits per heavy atom. The summed E-state index contributed by atoms with van der Waals surface area (Å²) in [6.45, 7) is 0. The topological polar surface area (TPSA) is 56.0 Å². The van der Waals surface area contributed by atoms with Crippen molar-refractivity contribution in [2.75, 3.05) is 0 Å². The van der Waals surface area contributed by atoms with Crippen LogP contribution in [0.5, 0.6) is 0 Å². The third-order valence-electron chi connectivity index (χ3n) is 1.65. The molecular formula is C9H5ClN2O2. The van der Waals surface area contributed by atoms with Crippen LogP contribution in [0.25, 0.3) is 11.3 Å². The van der Waals surface area contributed by atoms with Gasteiger partial charge in [-0.1, -0.05) is 11.6 Å². The number of halogens is 1. The molecule has 0 bridgehead atoms. The molecule has 2 heterocycles. The Balaban J connectivity index is 2.49. The Hall–Kier alpha value is -1.68. The van der Waals surface area contributed by atoms with E-state index in [9.17, 15) is 4.79 Å². The van der Waals surface area contributed by atoms with Gasteiger partial charge in [0.15, 0.2) is 5.76 Å². The van der Waals surface area contributed by atoms with E-state index in [2.05, 4.69) is 9.97 Å². The van der Waals surface area contributed by atoms with Gasteiger partial charge in [-0.15, -0.1) is 0 Å². The Morgan fingerprint density at radius 3 is 2.93 bits per heavy atom. The number of pyridine rings is 1. The summed E-state index contributed by atoms with van der Waals surface area (Å²) in [6.07, 6.45) is 3.54. The minimum atomic E-state index is 0.0277. The number of rotatable bonds is 2. The fourth-order valence-electron chi connectivity index (χ4n) is 1.04. The smallest absolute Gasteiger partial charge is 0.260 e. The van der Waals surface area contributed by atoms with Crippen LogP contribution < -0.4 is 0 Å². The normalized spacial score (nSPS) is 10.1. The van der Waals surface area contributed by atoms with E-state index >= 15 is 0 Å². The number of aromatic nitrogens is 2. The van der Waals surface area contributed by atoms with E-state index in [4.69, 9.17) is 16.0 Å². The average molecular weight is 209 g/mol. The van der Waals surface area contributed by atoms with Crippen molar-refractivity contribution in [1.29, 1.82) is 0 Å². The third-order valence-corrected chi connectivity index (χ3v) is 1.95. The van der Waals surface area contributed by atoms with Gasteiger partial charge in [0.05, 0.1) is 11.8 Å². The highest BCUT2D eigenvalue weighted by Gasteiger charge is 2.09. The predicted molar refractivity (Wildman–Crippen MR) is 50.1 cm³/mol. The number of aldehydes is 1. The first kappa shape index (κ1) is 8.90. The number of hydrogen-bond donors (Lipinski definition) is 0. The molecule has 14 heavy (non-hydrogen) atoms. The second-order valence-electron chi connectivity index (χ2n) is 2.52. The molecule has 2 rings (SSSR count). The maximum atomic E-state index is 10.3. The van der Waals surface area contributed by atoms with Crippen molar-refractivity contribution >= 4 is 17.9 Å². The van der Waals surface area contributed by atoms with Crippen molar-refractivity contribution in [1.82, 2.24) is 9.97 Å². The van der Waals surface area contributed by atoms with Crippen molar-refractivity contribution in [3.05, 3.63) is 35.6 Å². The number of nitrogens with zero attached hydrogens (tertiary/aromatic N) is 2. The molecule has 0 saturated heterocycles. The first-order valence-electron chi connectivity index (χ1n) is 3.83. The van der Waals surface area contributed by atoms with Gasteiger partial charge in [-0.25, -0.2) is 9.97 Å². The van der Waals surface area contributed by atoms with Gasteiger partial charge in [0.2, 0.25) is 6.29 Å². The number of hydrogen-bond acceptors (Lipinski definition) is 4. The van der Waals surface area contributed by atoms with Gasteiger partial charge in [-0.05, 0) is 12.1 Å². The lowest BCUT2D eigenvalue weighted by molar-refractivity contribution is 0.109. The fourth-order valence-corrected chi connectivity index (χ4v) is 1.25. The lowest BCUT2D eigenvalue weighted by Crippen LogP contribution is -1.79. The van der Waals surface area contributed by atoms with Gasteiger partial charge in [0, 0.05) is 6.20 Å². The van der Waals surface area contributed by atoms with Gasteiger partial charge >= 0.3 is 0 Å². The molecule has 0 aliphatic rings. The molecule has 0 fully saturated rings. The zero-order chi connectivity index (χ0) is 9.97. The molecule has 0 spiro atoms. The summed E-state index contributed by atoms with van der Waals surface area (Å²) in [5, 5.41) is 0.320. The number of carbonyl (C=O) groups excluding carboxylic acids is 1. The van der Waals surface area contributed by atoms with E-state index in [1.807, 2.05) is 0 Å². The highest BCUT2D eigenvalue weighted by atomic mass is 35.5. The van der Waals surface area contributed by atoms with Crippen molar-refractivity contribution in [2.45, 2.75) is 0 Å². The average Bonchev–Trinajstić information content (AvgIpc) is 2.67. The molecule has 0 radical (unpaired) electrons. The van der Waals surface area contributed by atoms with E-state index in [1.54, 1.807) is 18.3 Å². The number of oxazole rings is 1. The molecule has 0 unspecified atom stereocenters. The minimum Gasteiger partial charge on any atom is -0.434 e. The SMILES string of the molecule is O=Cc1ncc(-c2cccnc2Cl)o1. The van der Waals surface area contributed by atoms with E-state index in [1.165, 1.54) is 6.20 Å². The standard InChI is InChI=1S/C9H5ClN2O2/c10-9-6(2-1-3-11-9)7-4-12-8(5-13)14-7/h1-5H. The Labute approximate surface area is 84.6 Å². The van der Waals surface area contributed by atoms with Gasteiger partial charge in [0.1, 0.15) is 5.15 Å². The highest BCUT2D eigenvalue weighted by Crippen LogP contribution is 2.25. The summed E-state index contributed by atoms with van der Waals surface area (Å²) in [5.41, 5.74) is 0.620. The molecule has 2 aromatic rings. The maximum absolute atomic E-state index is 10.3. The quantitative estimate of drug-likeness (QED) is 0.561. The lowest BCUT2D eigenvalue weighted by Gasteiger charge is -1.96. The summed E-state index contributed by atoms with van der Waals surface area (Å²) < 4.78 is 5.10. The molecule has 0 aromatic carbocycles. The third kappa shape index (κ3) is 1.52. The lowest BCUT2D eigenvalue weighted by atomic mass is 10.2. The molecule has 70 valence electrons. The van der Waals surface area contributed by atoms with Crippen LogP contribution in [-0.2, 0) is 0 Å². The Morgan fingerprint density at radius 1 is 1.43 bits per heavy atom. The minimum absolute atomic E-state index is 0.0277. The molecule has 5 heteroatoms. The van der Waals surface area contributed by atoms with Gasteiger partial charge in [-0.3, -0.25) is 4.79 Å². The highest BCUT2D eigenvalue weighted by molar-refractivity contribution is 6.31. The van der Waals surface area contributed by atoms with Crippen molar-refractivity contribution < 1.29 is 9.21 Å². The Bertz CT molecular complexity index is 467. The summed E-state index contributed by atoms with van der Waals surface area (Å²) >= 11 is 5.82. The van der Waals surface area contributed by atoms with Crippen LogP contribution in [0.3, 0.4) is 0 Å². The van der Waals surface area contributed by atoms with Gasteiger partial charge < -0.3 is 4.42 Å². The van der Waals surface area contributed by atoms with Crippen molar-refractivity contribution in [3.8, 4) is 11.3 Å². The molecular weight excluding hydrogens is 204 g/mol. The first-order valence-corrected chi connectivity index (χ1v) is 4.21. The molecule has 0 N–H and O–H groups in total. The van der Waals surface area contributed by atoms with Gasteiger partial charge in [-0.2, -0.15) is 0 Å². The Kier molecular flexibility index (Phi) is 2.28. The molecule has 4 nitrogen and oxygen atoms in total. The predicted octanol–water partition coefficient (Wildman–Crippen LogP) is 2.20. The van der Waals surface area contributed by atoms with Crippen molar-refractivity contribution in [3.63, 3.8) is 0 Å². The fraction of sp³-hybridized carbons (Fsp3) is 0. The van der Waals surface area contributed by atoms with Crippen LogP contribution in [0.2, 0.25) is 5.15 Å². The van der Waals surface area contributed by atoms with Crippen LogP contribution >= 0.6 is 11.6 Å². The second-order valence-corrected chi connectivity index (χ2v) is 2.88. The van der Waals surface area contributed by atoms with E-state index in [0.29, 0.717) is 22.8 Å². The van der Waals surface area contributed by atoms with E-state index in [0.717, 1.165) is 0 Å². The van der Waals surface area contributed by atoms with E-state index in [-0.39, 0.29) is 5.89 Å². The molecule has 0 amide bonds. The monoisotopic (exact) mass is 208 g/mol. The summed E-state index contributed by atoms with van der Waals surface area (Å²) in [5.74, 6) is 0.463.